The molecule has 292 valence electrons. The second-order valence-electron chi connectivity index (χ2n) is 16.4. The summed E-state index contributed by atoms with van der Waals surface area (Å²) >= 11 is 0. The summed E-state index contributed by atoms with van der Waals surface area (Å²) in [5, 5.41) is 22.4. The van der Waals surface area contributed by atoms with Gasteiger partial charge in [0.05, 0.1) is 41.4 Å². The van der Waals surface area contributed by atoms with Gasteiger partial charge in [0.25, 0.3) is 0 Å². The first-order valence-electron chi connectivity index (χ1n) is 20.3. The Morgan fingerprint density at radius 2 is 1.71 bits per heavy atom. The summed E-state index contributed by atoms with van der Waals surface area (Å²) < 4.78 is 18.4. The number of halogens is 1. The van der Waals surface area contributed by atoms with Crippen LogP contribution in [0.25, 0.3) is 28.0 Å². The predicted octanol–water partition coefficient (Wildman–Crippen LogP) is 7.13. The Morgan fingerprint density at radius 1 is 0.964 bits per heavy atom. The Morgan fingerprint density at radius 3 is 2.38 bits per heavy atom. The number of nitriles is 1. The van der Waals surface area contributed by atoms with E-state index < -0.39 is 0 Å². The SMILES string of the molecule is CCC1(C(=O)NC(C)C)CCN(c2ccc(-c3nc(-c4cnn(C5CCC(N6CCC(c7ccc(N)cc7F)CC6)CC5)c4)cn4ncc(C#N)c34)cn2)CC1. The number of aromatic nitrogens is 6. The highest BCUT2D eigenvalue weighted by Gasteiger charge is 2.40. The van der Waals surface area contributed by atoms with Gasteiger partial charge < -0.3 is 20.9 Å². The minimum absolute atomic E-state index is 0.119. The van der Waals surface area contributed by atoms with Gasteiger partial charge in [0, 0.05) is 54.4 Å². The van der Waals surface area contributed by atoms with Crippen molar-refractivity contribution in [1.29, 1.82) is 5.26 Å². The van der Waals surface area contributed by atoms with Crippen molar-refractivity contribution in [2.24, 2.45) is 5.41 Å². The number of amides is 1. The van der Waals surface area contributed by atoms with E-state index in [-0.39, 0.29) is 29.1 Å². The number of carbonyl (C=O) groups is 1. The number of nitrogens with zero attached hydrogens (tertiary/aromatic N) is 9. The molecule has 1 aromatic carbocycles. The second-order valence-corrected chi connectivity index (χ2v) is 16.4. The number of benzene rings is 1. The lowest BCUT2D eigenvalue weighted by Crippen LogP contribution is -2.50. The third-order valence-corrected chi connectivity index (χ3v) is 12.7. The van der Waals surface area contributed by atoms with Crippen molar-refractivity contribution in [2.75, 3.05) is 36.8 Å². The normalized spacial score (nSPS) is 20.7. The second kappa shape index (κ2) is 15.7. The van der Waals surface area contributed by atoms with Crippen LogP contribution < -0.4 is 16.0 Å². The number of nitrogens with one attached hydrogen (secondary N) is 1. The third-order valence-electron chi connectivity index (χ3n) is 12.7. The van der Waals surface area contributed by atoms with Crippen molar-refractivity contribution < 1.29 is 9.18 Å². The van der Waals surface area contributed by atoms with Gasteiger partial charge in [0.15, 0.2) is 0 Å². The molecule has 2 aliphatic heterocycles. The Hall–Kier alpha value is -5.35. The molecule has 0 atom stereocenters. The highest BCUT2D eigenvalue weighted by atomic mass is 19.1. The van der Waals surface area contributed by atoms with Crippen molar-refractivity contribution >= 4 is 22.9 Å². The van der Waals surface area contributed by atoms with Gasteiger partial charge >= 0.3 is 0 Å². The fraction of sp³-hybridized carbons (Fsp3) is 0.488. The topological polar surface area (TPSA) is 146 Å². The summed E-state index contributed by atoms with van der Waals surface area (Å²) in [6, 6.07) is 12.4. The summed E-state index contributed by atoms with van der Waals surface area (Å²) in [5.74, 6) is 1.08. The zero-order valence-corrected chi connectivity index (χ0v) is 32.7. The van der Waals surface area contributed by atoms with Crippen molar-refractivity contribution in [2.45, 2.75) is 103 Å². The zero-order chi connectivity index (χ0) is 39.0. The molecule has 12 nitrogen and oxygen atoms in total. The quantitative estimate of drug-likeness (QED) is 0.150. The molecule has 2 saturated heterocycles. The van der Waals surface area contributed by atoms with E-state index in [9.17, 15) is 14.4 Å². The first kappa shape index (κ1) is 37.6. The molecule has 0 spiro atoms. The fourth-order valence-electron chi connectivity index (χ4n) is 9.28. The molecule has 0 unspecified atom stereocenters. The molecule has 4 aromatic heterocycles. The number of anilines is 2. The first-order valence-corrected chi connectivity index (χ1v) is 20.3. The molecule has 3 fully saturated rings. The van der Waals surface area contributed by atoms with Crippen LogP contribution in [-0.2, 0) is 4.79 Å². The maximum absolute atomic E-state index is 14.6. The molecular weight excluding hydrogens is 706 g/mol. The number of carbonyl (C=O) groups excluding carboxylic acids is 1. The minimum Gasteiger partial charge on any atom is -0.399 e. The molecule has 1 aliphatic carbocycles. The average molecular weight is 758 g/mol. The molecular formula is C43H52FN11O. The molecule has 56 heavy (non-hydrogen) atoms. The number of pyridine rings is 1. The summed E-state index contributed by atoms with van der Waals surface area (Å²) in [6.07, 6.45) is 17.8. The van der Waals surface area contributed by atoms with E-state index in [1.54, 1.807) is 10.7 Å². The van der Waals surface area contributed by atoms with E-state index in [1.165, 1.54) is 6.07 Å². The average Bonchev–Trinajstić information content (AvgIpc) is 3.89. The molecule has 8 rings (SSSR count). The summed E-state index contributed by atoms with van der Waals surface area (Å²) in [5.41, 5.74) is 10.8. The summed E-state index contributed by atoms with van der Waals surface area (Å²) in [7, 11) is 0. The first-order chi connectivity index (χ1) is 27.1. The van der Waals surface area contributed by atoms with E-state index in [0.717, 1.165) is 112 Å². The van der Waals surface area contributed by atoms with Crippen LogP contribution in [0, 0.1) is 22.6 Å². The van der Waals surface area contributed by atoms with E-state index in [1.807, 2.05) is 56.7 Å². The smallest absolute Gasteiger partial charge is 0.226 e. The number of nitrogens with two attached hydrogens (primary N) is 1. The lowest BCUT2D eigenvalue weighted by atomic mass is 9.75. The third kappa shape index (κ3) is 7.34. The molecule has 0 radical (unpaired) electrons. The van der Waals surface area contributed by atoms with Gasteiger partial charge in [0.2, 0.25) is 5.91 Å². The van der Waals surface area contributed by atoms with Gasteiger partial charge in [-0.05, 0) is 120 Å². The molecule has 3 aliphatic rings. The highest BCUT2D eigenvalue weighted by molar-refractivity contribution is 5.84. The van der Waals surface area contributed by atoms with Crippen molar-refractivity contribution in [3.63, 3.8) is 0 Å². The standard InChI is InChI=1S/C43H52FN11O/c1-4-43(42(56)50-28(2)3)15-19-53(20-16-43)39-12-5-30(23-47-39)40-41-31(22-45)24-49-55(41)27-38(51-40)32-25-48-54(26-32)35-9-7-34(8-10-35)52-17-13-29(14-18-52)36-11-6-33(46)21-37(36)44/h5-6,11-12,21,23-29,34-35H,4,7-10,13-20,46H2,1-3H3,(H,50,56). The van der Waals surface area contributed by atoms with Gasteiger partial charge in [-0.3, -0.25) is 9.48 Å². The summed E-state index contributed by atoms with van der Waals surface area (Å²) in [4.78, 5) is 27.9. The summed E-state index contributed by atoms with van der Waals surface area (Å²) in [6.45, 7) is 9.60. The zero-order valence-electron chi connectivity index (χ0n) is 32.7. The van der Waals surface area contributed by atoms with Crippen LogP contribution in [0.3, 0.4) is 0 Å². The largest absolute Gasteiger partial charge is 0.399 e. The van der Waals surface area contributed by atoms with Gasteiger partial charge in [-0.1, -0.05) is 13.0 Å². The van der Waals surface area contributed by atoms with Gasteiger partial charge in [0.1, 0.15) is 28.8 Å². The van der Waals surface area contributed by atoms with Crippen LogP contribution in [0.2, 0.25) is 0 Å². The van der Waals surface area contributed by atoms with Gasteiger partial charge in [-0.2, -0.15) is 15.5 Å². The monoisotopic (exact) mass is 757 g/mol. The maximum atomic E-state index is 14.6. The Bertz CT molecular complexity index is 2210. The van der Waals surface area contributed by atoms with Gasteiger partial charge in [-0.15, -0.1) is 0 Å². The van der Waals surface area contributed by atoms with E-state index in [4.69, 9.17) is 20.8 Å². The van der Waals surface area contributed by atoms with Crippen LogP contribution in [0.5, 0.6) is 0 Å². The van der Waals surface area contributed by atoms with Crippen molar-refractivity contribution in [3.8, 4) is 28.6 Å². The molecule has 13 heteroatoms. The Balaban J connectivity index is 0.936. The van der Waals surface area contributed by atoms with Crippen LogP contribution in [0.4, 0.5) is 15.9 Å². The lowest BCUT2D eigenvalue weighted by molar-refractivity contribution is -0.133. The number of hydrogen-bond acceptors (Lipinski definition) is 9. The number of hydrogen-bond donors (Lipinski definition) is 2. The predicted molar refractivity (Wildman–Crippen MR) is 215 cm³/mol. The fourth-order valence-corrected chi connectivity index (χ4v) is 9.28. The van der Waals surface area contributed by atoms with Crippen LogP contribution >= 0.6 is 0 Å². The van der Waals surface area contributed by atoms with Crippen LogP contribution in [0.1, 0.15) is 102 Å². The minimum atomic E-state index is -0.347. The number of piperidine rings is 2. The number of nitrogen functional groups attached to an aromatic ring is 1. The Labute approximate surface area is 327 Å². The molecule has 1 amide bonds. The van der Waals surface area contributed by atoms with Gasteiger partial charge in [-0.25, -0.2) is 18.9 Å². The maximum Gasteiger partial charge on any atom is 0.226 e. The molecule has 6 heterocycles. The van der Waals surface area contributed by atoms with Crippen molar-refractivity contribution in [3.05, 3.63) is 78.3 Å². The van der Waals surface area contributed by atoms with E-state index >= 15 is 0 Å². The van der Waals surface area contributed by atoms with Crippen LogP contribution in [-0.4, -0.2) is 78.4 Å². The molecule has 0 bridgehead atoms. The van der Waals surface area contributed by atoms with E-state index in [2.05, 4.69) is 44.1 Å². The number of fused-ring (bicyclic) bond motifs is 1. The molecule has 5 aromatic rings. The Kier molecular flexibility index (Phi) is 10.5. The van der Waals surface area contributed by atoms with Crippen molar-refractivity contribution in [1.82, 2.24) is 39.6 Å². The molecule has 1 saturated carbocycles. The highest BCUT2D eigenvalue weighted by Crippen LogP contribution is 2.39. The van der Waals surface area contributed by atoms with Crippen LogP contribution in [0.15, 0.2) is 61.3 Å². The molecule has 3 N–H and O–H groups in total. The van der Waals surface area contributed by atoms with E-state index in [0.29, 0.717) is 34.5 Å². The lowest BCUT2D eigenvalue weighted by Gasteiger charge is -2.41. The number of likely N-dealkylation sites (tertiary alicyclic amines) is 1. The number of rotatable bonds is 9.